The number of hydrogen-bond acceptors (Lipinski definition) is 3. The SMILES string of the molecule is Cc1cc(CNCc2ccc(N)cc2)sc1C. The average Bonchev–Trinajstić information content (AvgIpc) is 2.61. The van der Waals surface area contributed by atoms with Gasteiger partial charge in [-0.15, -0.1) is 11.3 Å². The van der Waals surface area contributed by atoms with Crippen LogP contribution in [0.2, 0.25) is 0 Å². The van der Waals surface area contributed by atoms with Gasteiger partial charge in [0.2, 0.25) is 0 Å². The van der Waals surface area contributed by atoms with Crippen molar-refractivity contribution in [3.63, 3.8) is 0 Å². The van der Waals surface area contributed by atoms with Crippen molar-refractivity contribution in [2.45, 2.75) is 26.9 Å². The topological polar surface area (TPSA) is 38.0 Å². The zero-order chi connectivity index (χ0) is 12.3. The zero-order valence-electron chi connectivity index (χ0n) is 10.3. The van der Waals surface area contributed by atoms with Crippen LogP contribution in [0.25, 0.3) is 0 Å². The summed E-state index contributed by atoms with van der Waals surface area (Å²) in [5, 5.41) is 3.45. The van der Waals surface area contributed by atoms with Crippen molar-refractivity contribution in [3.8, 4) is 0 Å². The number of benzene rings is 1. The van der Waals surface area contributed by atoms with E-state index >= 15 is 0 Å². The summed E-state index contributed by atoms with van der Waals surface area (Å²) in [6, 6.07) is 10.3. The van der Waals surface area contributed by atoms with E-state index in [-0.39, 0.29) is 0 Å². The van der Waals surface area contributed by atoms with Gasteiger partial charge in [-0.25, -0.2) is 0 Å². The summed E-state index contributed by atoms with van der Waals surface area (Å²) in [4.78, 5) is 2.81. The van der Waals surface area contributed by atoms with Crippen molar-refractivity contribution in [1.29, 1.82) is 0 Å². The molecule has 0 fully saturated rings. The highest BCUT2D eigenvalue weighted by Crippen LogP contribution is 2.20. The third-order valence-corrected chi connectivity index (χ3v) is 3.98. The number of rotatable bonds is 4. The van der Waals surface area contributed by atoms with Crippen LogP contribution in [0.3, 0.4) is 0 Å². The zero-order valence-corrected chi connectivity index (χ0v) is 11.1. The lowest BCUT2D eigenvalue weighted by Gasteiger charge is -2.03. The van der Waals surface area contributed by atoms with E-state index in [0.29, 0.717) is 0 Å². The fraction of sp³-hybridized carbons (Fsp3) is 0.286. The number of thiophene rings is 1. The molecule has 1 aromatic carbocycles. The molecule has 2 aromatic rings. The predicted octanol–water partition coefficient (Wildman–Crippen LogP) is 3.24. The van der Waals surface area contributed by atoms with Gasteiger partial charge in [-0.3, -0.25) is 0 Å². The number of nitrogen functional groups attached to an aromatic ring is 1. The van der Waals surface area contributed by atoms with Gasteiger partial charge in [0.15, 0.2) is 0 Å². The van der Waals surface area contributed by atoms with E-state index in [0.717, 1.165) is 18.8 Å². The minimum Gasteiger partial charge on any atom is -0.399 e. The second kappa shape index (κ2) is 5.34. The van der Waals surface area contributed by atoms with E-state index in [1.165, 1.54) is 20.9 Å². The predicted molar refractivity (Wildman–Crippen MR) is 75.2 cm³/mol. The summed E-state index contributed by atoms with van der Waals surface area (Å²) in [6.45, 7) is 6.15. The normalized spacial score (nSPS) is 10.7. The first kappa shape index (κ1) is 12.1. The Morgan fingerprint density at radius 3 is 2.41 bits per heavy atom. The summed E-state index contributed by atoms with van der Waals surface area (Å²) in [6.07, 6.45) is 0. The molecule has 1 heterocycles. The standard InChI is InChI=1S/C14H18N2S/c1-10-7-14(17-11(10)2)9-16-8-12-3-5-13(15)6-4-12/h3-7,16H,8-9,15H2,1-2H3. The van der Waals surface area contributed by atoms with Crippen LogP contribution in [0.1, 0.15) is 20.9 Å². The number of hydrogen-bond donors (Lipinski definition) is 2. The van der Waals surface area contributed by atoms with Crippen LogP contribution >= 0.6 is 11.3 Å². The maximum Gasteiger partial charge on any atom is 0.0314 e. The van der Waals surface area contributed by atoms with Gasteiger partial charge in [0.1, 0.15) is 0 Å². The fourth-order valence-corrected chi connectivity index (χ4v) is 2.73. The number of anilines is 1. The van der Waals surface area contributed by atoms with Crippen LogP contribution < -0.4 is 11.1 Å². The maximum atomic E-state index is 5.65. The molecule has 0 atom stereocenters. The van der Waals surface area contributed by atoms with Gasteiger partial charge < -0.3 is 11.1 Å². The minimum absolute atomic E-state index is 0.818. The Morgan fingerprint density at radius 1 is 1.12 bits per heavy atom. The summed E-state index contributed by atoms with van der Waals surface area (Å²) in [5.74, 6) is 0. The van der Waals surface area contributed by atoms with Crippen LogP contribution in [0.5, 0.6) is 0 Å². The van der Waals surface area contributed by atoms with E-state index < -0.39 is 0 Å². The second-order valence-electron chi connectivity index (χ2n) is 4.30. The van der Waals surface area contributed by atoms with E-state index in [9.17, 15) is 0 Å². The fourth-order valence-electron chi connectivity index (χ4n) is 1.70. The van der Waals surface area contributed by atoms with Gasteiger partial charge in [0.05, 0.1) is 0 Å². The van der Waals surface area contributed by atoms with Crippen molar-refractivity contribution in [2.24, 2.45) is 0 Å². The van der Waals surface area contributed by atoms with Crippen molar-refractivity contribution < 1.29 is 0 Å². The molecule has 2 nitrogen and oxygen atoms in total. The summed E-state index contributed by atoms with van der Waals surface area (Å²) in [5.41, 5.74) is 9.12. The summed E-state index contributed by atoms with van der Waals surface area (Å²) >= 11 is 1.87. The van der Waals surface area contributed by atoms with E-state index in [2.05, 4.69) is 37.4 Å². The largest absolute Gasteiger partial charge is 0.399 e. The molecule has 3 N–H and O–H groups in total. The molecule has 2 rings (SSSR count). The Kier molecular flexibility index (Phi) is 3.82. The van der Waals surface area contributed by atoms with E-state index in [1.54, 1.807) is 0 Å². The highest BCUT2D eigenvalue weighted by Gasteiger charge is 2.01. The van der Waals surface area contributed by atoms with Crippen LogP contribution in [-0.2, 0) is 13.1 Å². The molecular weight excluding hydrogens is 228 g/mol. The van der Waals surface area contributed by atoms with Crippen LogP contribution in [0, 0.1) is 13.8 Å². The lowest BCUT2D eigenvalue weighted by molar-refractivity contribution is 0.701. The first-order chi connectivity index (χ1) is 8.15. The van der Waals surface area contributed by atoms with Crippen LogP contribution in [-0.4, -0.2) is 0 Å². The van der Waals surface area contributed by atoms with Crippen LogP contribution in [0.15, 0.2) is 30.3 Å². The maximum absolute atomic E-state index is 5.65. The number of nitrogens with one attached hydrogen (secondary N) is 1. The molecular formula is C14H18N2S. The molecule has 1 aromatic heterocycles. The van der Waals surface area contributed by atoms with Gasteiger partial charge in [-0.1, -0.05) is 12.1 Å². The molecule has 0 aliphatic carbocycles. The molecule has 0 bridgehead atoms. The summed E-state index contributed by atoms with van der Waals surface area (Å²) in [7, 11) is 0. The molecule has 3 heteroatoms. The highest BCUT2D eigenvalue weighted by atomic mass is 32.1. The Balaban J connectivity index is 1.85. The van der Waals surface area contributed by atoms with E-state index in [1.807, 2.05) is 23.5 Å². The van der Waals surface area contributed by atoms with Crippen molar-refractivity contribution in [3.05, 3.63) is 51.2 Å². The average molecular weight is 246 g/mol. The van der Waals surface area contributed by atoms with Gasteiger partial charge in [0, 0.05) is 28.5 Å². The third kappa shape index (κ3) is 3.32. The van der Waals surface area contributed by atoms with Gasteiger partial charge in [-0.05, 0) is 43.2 Å². The quantitative estimate of drug-likeness (QED) is 0.813. The Hall–Kier alpha value is -1.32. The molecule has 0 aliphatic rings. The molecule has 0 saturated heterocycles. The molecule has 17 heavy (non-hydrogen) atoms. The van der Waals surface area contributed by atoms with Gasteiger partial charge in [-0.2, -0.15) is 0 Å². The Labute approximate surface area is 106 Å². The molecule has 90 valence electrons. The van der Waals surface area contributed by atoms with Crippen molar-refractivity contribution in [2.75, 3.05) is 5.73 Å². The molecule has 0 aliphatic heterocycles. The summed E-state index contributed by atoms with van der Waals surface area (Å²) < 4.78 is 0. The number of aryl methyl sites for hydroxylation is 2. The number of nitrogens with two attached hydrogens (primary N) is 1. The smallest absolute Gasteiger partial charge is 0.0314 e. The molecule has 0 unspecified atom stereocenters. The first-order valence-electron chi connectivity index (χ1n) is 5.76. The lowest BCUT2D eigenvalue weighted by atomic mass is 10.2. The van der Waals surface area contributed by atoms with Crippen LogP contribution in [0.4, 0.5) is 5.69 Å². The van der Waals surface area contributed by atoms with Gasteiger partial charge in [0.25, 0.3) is 0 Å². The lowest BCUT2D eigenvalue weighted by Crippen LogP contribution is -2.11. The van der Waals surface area contributed by atoms with Crippen molar-refractivity contribution >= 4 is 17.0 Å². The molecule has 0 radical (unpaired) electrons. The second-order valence-corrected chi connectivity index (χ2v) is 5.64. The van der Waals surface area contributed by atoms with E-state index in [4.69, 9.17) is 5.73 Å². The molecule has 0 saturated carbocycles. The Bertz CT molecular complexity index is 466. The highest BCUT2D eigenvalue weighted by molar-refractivity contribution is 7.12. The third-order valence-electron chi connectivity index (χ3n) is 2.83. The van der Waals surface area contributed by atoms with Gasteiger partial charge >= 0.3 is 0 Å². The first-order valence-corrected chi connectivity index (χ1v) is 6.58. The molecule has 0 spiro atoms. The monoisotopic (exact) mass is 246 g/mol. The Morgan fingerprint density at radius 2 is 1.82 bits per heavy atom. The molecule has 0 amide bonds. The van der Waals surface area contributed by atoms with Crippen molar-refractivity contribution in [1.82, 2.24) is 5.32 Å². The minimum atomic E-state index is 0.818.